The quantitative estimate of drug-likeness (QED) is 0.782. The van der Waals surface area contributed by atoms with Crippen molar-refractivity contribution in [3.8, 4) is 11.6 Å². The van der Waals surface area contributed by atoms with E-state index in [0.717, 1.165) is 6.07 Å². The molecule has 0 aliphatic heterocycles. The van der Waals surface area contributed by atoms with Crippen molar-refractivity contribution in [3.63, 3.8) is 0 Å². The predicted molar refractivity (Wildman–Crippen MR) is 83.2 cm³/mol. The lowest BCUT2D eigenvalue weighted by atomic mass is 10.1. The molecule has 1 heterocycles. The second-order valence-electron chi connectivity index (χ2n) is 5.24. The molecule has 3 N–H and O–H groups in total. The van der Waals surface area contributed by atoms with E-state index in [1.807, 2.05) is 0 Å². The Labute approximate surface area is 137 Å². The van der Waals surface area contributed by atoms with Gasteiger partial charge in [0.1, 0.15) is 11.5 Å². The van der Waals surface area contributed by atoms with Gasteiger partial charge in [-0.1, -0.05) is 12.1 Å². The zero-order valence-electron chi connectivity index (χ0n) is 13.1. The van der Waals surface area contributed by atoms with E-state index in [1.54, 1.807) is 0 Å². The minimum absolute atomic E-state index is 0.0819. The highest BCUT2D eigenvalue weighted by Crippen LogP contribution is 2.27. The second-order valence-corrected chi connectivity index (χ2v) is 5.24. The Morgan fingerprint density at radius 2 is 1.83 bits per heavy atom. The summed E-state index contributed by atoms with van der Waals surface area (Å²) in [7, 11) is 2.98. The summed E-state index contributed by atoms with van der Waals surface area (Å²) in [4.78, 5) is 28.9. The van der Waals surface area contributed by atoms with Gasteiger partial charge in [-0.2, -0.15) is 0 Å². The van der Waals surface area contributed by atoms with Crippen LogP contribution < -0.4 is 5.32 Å². The SMILES string of the molecule is CN(C)C(=O)c1cc(C(=O)NCc2ccc(F)cc2)c(O)c(O)n1. The lowest BCUT2D eigenvalue weighted by Gasteiger charge is -2.12. The van der Waals surface area contributed by atoms with E-state index in [4.69, 9.17) is 0 Å². The molecule has 0 atom stereocenters. The third-order valence-corrected chi connectivity index (χ3v) is 3.21. The zero-order chi connectivity index (χ0) is 17.9. The van der Waals surface area contributed by atoms with E-state index in [9.17, 15) is 24.2 Å². The maximum atomic E-state index is 12.8. The number of carbonyl (C=O) groups excluding carboxylic acids is 2. The largest absolute Gasteiger partial charge is 0.503 e. The molecule has 0 bridgehead atoms. The summed E-state index contributed by atoms with van der Waals surface area (Å²) in [6, 6.07) is 6.61. The van der Waals surface area contributed by atoms with Crippen LogP contribution in [0.5, 0.6) is 11.6 Å². The van der Waals surface area contributed by atoms with Crippen LogP contribution >= 0.6 is 0 Å². The number of hydrogen-bond donors (Lipinski definition) is 3. The topological polar surface area (TPSA) is 103 Å². The molecule has 126 valence electrons. The maximum absolute atomic E-state index is 12.8. The molecule has 0 aliphatic carbocycles. The number of pyridine rings is 1. The van der Waals surface area contributed by atoms with Crippen molar-refractivity contribution >= 4 is 11.8 Å². The summed E-state index contributed by atoms with van der Waals surface area (Å²) in [5, 5.41) is 21.9. The average Bonchev–Trinajstić information content (AvgIpc) is 2.55. The molecular weight excluding hydrogens is 317 g/mol. The standard InChI is InChI=1S/C16H16FN3O4/c1-20(2)16(24)12-7-11(13(21)15(23)19-12)14(22)18-8-9-3-5-10(17)6-4-9/h3-7,21H,8H2,1-2H3,(H,18,22)(H,19,23). The first-order chi connectivity index (χ1) is 11.3. The minimum Gasteiger partial charge on any atom is -0.503 e. The fourth-order valence-electron chi connectivity index (χ4n) is 1.92. The average molecular weight is 333 g/mol. The van der Waals surface area contributed by atoms with Crippen molar-refractivity contribution in [1.29, 1.82) is 0 Å². The lowest BCUT2D eigenvalue weighted by molar-refractivity contribution is 0.0821. The zero-order valence-corrected chi connectivity index (χ0v) is 13.1. The molecule has 1 aromatic carbocycles. The second kappa shape index (κ2) is 6.95. The van der Waals surface area contributed by atoms with Crippen LogP contribution in [0.4, 0.5) is 4.39 Å². The highest BCUT2D eigenvalue weighted by atomic mass is 19.1. The van der Waals surface area contributed by atoms with E-state index < -0.39 is 29.3 Å². The van der Waals surface area contributed by atoms with Crippen molar-refractivity contribution in [2.45, 2.75) is 6.54 Å². The number of benzene rings is 1. The van der Waals surface area contributed by atoms with Crippen LogP contribution in [0.15, 0.2) is 30.3 Å². The molecule has 0 saturated heterocycles. The van der Waals surface area contributed by atoms with Gasteiger partial charge < -0.3 is 20.4 Å². The molecule has 0 spiro atoms. The third kappa shape index (κ3) is 3.78. The molecule has 0 unspecified atom stereocenters. The molecule has 2 amide bonds. The highest BCUT2D eigenvalue weighted by Gasteiger charge is 2.21. The van der Waals surface area contributed by atoms with Crippen LogP contribution in [0.3, 0.4) is 0 Å². The van der Waals surface area contributed by atoms with Crippen LogP contribution in [-0.4, -0.2) is 46.0 Å². The number of halogens is 1. The number of nitrogens with one attached hydrogen (secondary N) is 1. The van der Waals surface area contributed by atoms with E-state index >= 15 is 0 Å². The van der Waals surface area contributed by atoms with Crippen LogP contribution in [0.2, 0.25) is 0 Å². The Bertz CT molecular complexity index is 776. The van der Waals surface area contributed by atoms with Crippen molar-refractivity contribution in [2.24, 2.45) is 0 Å². The van der Waals surface area contributed by atoms with Gasteiger partial charge in [0.25, 0.3) is 17.7 Å². The number of nitrogens with zero attached hydrogens (tertiary/aromatic N) is 2. The lowest BCUT2D eigenvalue weighted by Crippen LogP contribution is -2.26. The molecule has 24 heavy (non-hydrogen) atoms. The van der Waals surface area contributed by atoms with Crippen LogP contribution in [0.1, 0.15) is 26.4 Å². The fourth-order valence-corrected chi connectivity index (χ4v) is 1.92. The Balaban J connectivity index is 2.21. The summed E-state index contributed by atoms with van der Waals surface area (Å²) in [5.41, 5.74) is 0.184. The number of rotatable bonds is 4. The molecule has 0 aliphatic rings. The monoisotopic (exact) mass is 333 g/mol. The fraction of sp³-hybridized carbons (Fsp3) is 0.188. The smallest absolute Gasteiger partial charge is 0.272 e. The molecule has 0 radical (unpaired) electrons. The normalized spacial score (nSPS) is 10.3. The van der Waals surface area contributed by atoms with Gasteiger partial charge in [-0.05, 0) is 23.8 Å². The summed E-state index contributed by atoms with van der Waals surface area (Å²) in [5.74, 6) is -3.16. The van der Waals surface area contributed by atoms with Gasteiger partial charge in [0.2, 0.25) is 0 Å². The summed E-state index contributed by atoms with van der Waals surface area (Å²) in [6.07, 6.45) is 0. The number of amides is 2. The van der Waals surface area contributed by atoms with Gasteiger partial charge in [0, 0.05) is 20.6 Å². The predicted octanol–water partition coefficient (Wildman–Crippen LogP) is 1.26. The Morgan fingerprint density at radius 3 is 2.42 bits per heavy atom. The van der Waals surface area contributed by atoms with Gasteiger partial charge in [-0.15, -0.1) is 0 Å². The van der Waals surface area contributed by atoms with Crippen molar-refractivity contribution < 1.29 is 24.2 Å². The summed E-state index contributed by atoms with van der Waals surface area (Å²) in [6.45, 7) is 0.0819. The Morgan fingerprint density at radius 1 is 1.21 bits per heavy atom. The van der Waals surface area contributed by atoms with Gasteiger partial charge in [0.05, 0.1) is 5.56 Å². The summed E-state index contributed by atoms with van der Waals surface area (Å²) >= 11 is 0. The minimum atomic E-state index is -0.811. The van der Waals surface area contributed by atoms with Gasteiger partial charge >= 0.3 is 0 Å². The molecule has 2 aromatic rings. The molecule has 1 aromatic heterocycles. The molecule has 2 rings (SSSR count). The van der Waals surface area contributed by atoms with Crippen molar-refractivity contribution in [2.75, 3.05) is 14.1 Å². The van der Waals surface area contributed by atoms with Gasteiger partial charge in [0.15, 0.2) is 5.75 Å². The number of carbonyl (C=O) groups is 2. The molecule has 8 heteroatoms. The van der Waals surface area contributed by atoms with E-state index in [-0.39, 0.29) is 17.8 Å². The van der Waals surface area contributed by atoms with E-state index in [1.165, 1.54) is 43.3 Å². The van der Waals surface area contributed by atoms with E-state index in [0.29, 0.717) is 5.56 Å². The summed E-state index contributed by atoms with van der Waals surface area (Å²) < 4.78 is 12.8. The van der Waals surface area contributed by atoms with Crippen molar-refractivity contribution in [3.05, 3.63) is 53.0 Å². The van der Waals surface area contributed by atoms with Crippen LogP contribution in [-0.2, 0) is 6.54 Å². The molecule has 7 nitrogen and oxygen atoms in total. The third-order valence-electron chi connectivity index (χ3n) is 3.21. The first-order valence-electron chi connectivity index (χ1n) is 6.97. The molecule has 0 fully saturated rings. The highest BCUT2D eigenvalue weighted by molar-refractivity contribution is 6.01. The number of aromatic nitrogens is 1. The van der Waals surface area contributed by atoms with E-state index in [2.05, 4.69) is 10.3 Å². The number of aromatic hydroxyl groups is 2. The van der Waals surface area contributed by atoms with Crippen molar-refractivity contribution in [1.82, 2.24) is 15.2 Å². The van der Waals surface area contributed by atoms with Crippen LogP contribution in [0, 0.1) is 5.82 Å². The van der Waals surface area contributed by atoms with Gasteiger partial charge in [-0.3, -0.25) is 9.59 Å². The van der Waals surface area contributed by atoms with Crippen LogP contribution in [0.25, 0.3) is 0 Å². The number of hydrogen-bond acceptors (Lipinski definition) is 5. The first kappa shape index (κ1) is 17.2. The Kier molecular flexibility index (Phi) is 4.98. The van der Waals surface area contributed by atoms with Gasteiger partial charge in [-0.25, -0.2) is 9.37 Å². The maximum Gasteiger partial charge on any atom is 0.272 e. The molecular formula is C16H16FN3O4. The first-order valence-corrected chi connectivity index (χ1v) is 6.97. The molecule has 0 saturated carbocycles. The Hall–Kier alpha value is -3.16.